The molecule has 0 atom stereocenters. The summed E-state index contributed by atoms with van der Waals surface area (Å²) in [5.74, 6) is 0.492. The van der Waals surface area contributed by atoms with Gasteiger partial charge in [-0.25, -0.2) is 8.42 Å². The lowest BCUT2D eigenvalue weighted by Gasteiger charge is -2.31. The second-order valence-corrected chi connectivity index (χ2v) is 11.5. The van der Waals surface area contributed by atoms with Gasteiger partial charge in [0.05, 0.1) is 11.4 Å². The topological polar surface area (TPSA) is 79.0 Å². The van der Waals surface area contributed by atoms with Gasteiger partial charge in [-0.1, -0.05) is 45.0 Å². The molecule has 0 radical (unpaired) electrons. The number of carbonyl (C=O) groups is 1. The molecule has 0 saturated carbocycles. The molecule has 1 N–H and O–H groups in total. The number of amides is 1. The minimum absolute atomic E-state index is 0.0490. The lowest BCUT2D eigenvalue weighted by atomic mass is 9.86. The second kappa shape index (κ2) is 10.2. The van der Waals surface area contributed by atoms with Crippen molar-refractivity contribution < 1.29 is 17.9 Å². The number of benzene rings is 2. The Morgan fingerprint density at radius 2 is 1.73 bits per heavy atom. The van der Waals surface area contributed by atoms with Crippen molar-refractivity contribution in [3.63, 3.8) is 0 Å². The predicted octanol–water partition coefficient (Wildman–Crippen LogP) is 3.04. The molecular formula is C25H35N3O4S. The number of nitrogens with zero attached hydrogens (tertiary/aromatic N) is 2. The Labute approximate surface area is 197 Å². The van der Waals surface area contributed by atoms with E-state index in [0.717, 1.165) is 16.9 Å². The zero-order chi connectivity index (χ0) is 24.2. The van der Waals surface area contributed by atoms with Crippen LogP contribution in [-0.4, -0.2) is 69.9 Å². The highest BCUT2D eigenvalue weighted by molar-refractivity contribution is 7.89. The van der Waals surface area contributed by atoms with Crippen LogP contribution in [0.4, 0.5) is 0 Å². The third-order valence-corrected chi connectivity index (χ3v) is 7.79. The van der Waals surface area contributed by atoms with Gasteiger partial charge in [-0.3, -0.25) is 4.79 Å². The van der Waals surface area contributed by atoms with Gasteiger partial charge >= 0.3 is 0 Å². The van der Waals surface area contributed by atoms with E-state index in [9.17, 15) is 13.2 Å². The third-order valence-electron chi connectivity index (χ3n) is 5.89. The first-order valence-electron chi connectivity index (χ1n) is 11.3. The number of carbonyl (C=O) groups excluding carboxylic acids is 1. The van der Waals surface area contributed by atoms with Crippen LogP contribution in [-0.2, 0) is 15.4 Å². The maximum atomic E-state index is 13.1. The van der Waals surface area contributed by atoms with Gasteiger partial charge in [0, 0.05) is 31.7 Å². The summed E-state index contributed by atoms with van der Waals surface area (Å²) in [7, 11) is -1.66. The summed E-state index contributed by atoms with van der Waals surface area (Å²) in [4.78, 5) is 15.1. The van der Waals surface area contributed by atoms with Crippen LogP contribution in [0.15, 0.2) is 47.4 Å². The van der Waals surface area contributed by atoms with Crippen molar-refractivity contribution in [3.05, 3.63) is 59.2 Å². The number of hydrogen-bond donors (Lipinski definition) is 1. The van der Waals surface area contributed by atoms with Gasteiger partial charge in [-0.15, -0.1) is 0 Å². The average Bonchev–Trinajstić information content (AvgIpc) is 2.76. The molecule has 1 saturated heterocycles. The summed E-state index contributed by atoms with van der Waals surface area (Å²) in [5, 5.41) is 2.85. The number of ether oxygens (including phenoxy) is 1. The lowest BCUT2D eigenvalue weighted by molar-refractivity contribution is 0.0946. The molecule has 2 aromatic rings. The molecule has 0 aromatic heterocycles. The molecule has 0 aliphatic carbocycles. The van der Waals surface area contributed by atoms with Gasteiger partial charge in [-0.2, -0.15) is 4.31 Å². The van der Waals surface area contributed by atoms with E-state index in [0.29, 0.717) is 44.9 Å². The SMILES string of the molecule is Cc1ccc(S(=O)(=O)N2CCN(C)CC2)cc1C(=O)NCCOc1ccccc1C(C)(C)C. The minimum Gasteiger partial charge on any atom is -0.491 e. The molecule has 1 aliphatic heterocycles. The summed E-state index contributed by atoms with van der Waals surface area (Å²) in [6.45, 7) is 11.1. The predicted molar refractivity (Wildman–Crippen MR) is 130 cm³/mol. The van der Waals surface area contributed by atoms with Crippen LogP contribution in [0.1, 0.15) is 42.3 Å². The highest BCUT2D eigenvalue weighted by atomic mass is 32.2. The molecule has 33 heavy (non-hydrogen) atoms. The number of likely N-dealkylation sites (N-methyl/N-ethyl adjacent to an activating group) is 1. The van der Waals surface area contributed by atoms with E-state index >= 15 is 0 Å². The Morgan fingerprint density at radius 3 is 2.39 bits per heavy atom. The normalized spacial score (nSPS) is 15.9. The number of piperazine rings is 1. The molecule has 1 heterocycles. The molecule has 1 aliphatic rings. The Kier molecular flexibility index (Phi) is 7.82. The molecule has 0 spiro atoms. The molecule has 3 rings (SSSR count). The van der Waals surface area contributed by atoms with Crippen LogP contribution in [0.5, 0.6) is 5.75 Å². The average molecular weight is 474 g/mol. The number of nitrogens with one attached hydrogen (secondary N) is 1. The summed E-state index contributed by atoms with van der Waals surface area (Å²) < 4.78 is 33.5. The van der Waals surface area contributed by atoms with Gasteiger partial charge in [0.15, 0.2) is 0 Å². The summed E-state index contributed by atoms with van der Waals surface area (Å²) in [6.07, 6.45) is 0. The summed E-state index contributed by atoms with van der Waals surface area (Å²) in [6, 6.07) is 12.6. The van der Waals surface area contributed by atoms with Crippen molar-refractivity contribution in [2.75, 3.05) is 46.4 Å². The quantitative estimate of drug-likeness (QED) is 0.626. The van der Waals surface area contributed by atoms with Crippen LogP contribution >= 0.6 is 0 Å². The maximum Gasteiger partial charge on any atom is 0.251 e. The fourth-order valence-corrected chi connectivity index (χ4v) is 5.27. The number of hydrogen-bond acceptors (Lipinski definition) is 5. The minimum atomic E-state index is -3.64. The van der Waals surface area contributed by atoms with Crippen LogP contribution in [0, 0.1) is 6.92 Å². The standard InChI is InChI=1S/C25H35N3O4S/c1-19-10-11-20(33(30,31)28-15-13-27(5)14-16-28)18-21(19)24(29)26-12-17-32-23-9-7-6-8-22(23)25(2,3)4/h6-11,18H,12-17H2,1-5H3,(H,26,29). The Morgan fingerprint density at radius 1 is 1.06 bits per heavy atom. The van der Waals surface area contributed by atoms with Crippen LogP contribution < -0.4 is 10.1 Å². The van der Waals surface area contributed by atoms with E-state index < -0.39 is 10.0 Å². The van der Waals surface area contributed by atoms with Crippen molar-refractivity contribution in [3.8, 4) is 5.75 Å². The Bertz CT molecular complexity index is 1090. The molecule has 0 bridgehead atoms. The first-order valence-corrected chi connectivity index (χ1v) is 12.7. The smallest absolute Gasteiger partial charge is 0.251 e. The van der Waals surface area contributed by atoms with E-state index in [2.05, 4.69) is 31.0 Å². The van der Waals surface area contributed by atoms with Gasteiger partial charge in [-0.05, 0) is 48.7 Å². The molecule has 0 unspecified atom stereocenters. The van der Waals surface area contributed by atoms with Crippen molar-refractivity contribution in [2.45, 2.75) is 38.0 Å². The van der Waals surface area contributed by atoms with Crippen molar-refractivity contribution in [1.82, 2.24) is 14.5 Å². The highest BCUT2D eigenvalue weighted by Crippen LogP contribution is 2.30. The fraction of sp³-hybridized carbons (Fsp3) is 0.480. The van der Waals surface area contributed by atoms with Gasteiger partial charge < -0.3 is 15.0 Å². The molecule has 7 nitrogen and oxygen atoms in total. The van der Waals surface area contributed by atoms with Gasteiger partial charge in [0.25, 0.3) is 5.91 Å². The van der Waals surface area contributed by atoms with Crippen molar-refractivity contribution >= 4 is 15.9 Å². The Hall–Kier alpha value is -2.42. The molecule has 180 valence electrons. The monoisotopic (exact) mass is 473 g/mol. The van der Waals surface area contributed by atoms with E-state index in [4.69, 9.17) is 4.74 Å². The lowest BCUT2D eigenvalue weighted by Crippen LogP contribution is -2.47. The number of para-hydroxylation sites is 1. The van der Waals surface area contributed by atoms with Crippen LogP contribution in [0.3, 0.4) is 0 Å². The zero-order valence-electron chi connectivity index (χ0n) is 20.2. The largest absolute Gasteiger partial charge is 0.491 e. The Balaban J connectivity index is 1.64. The fourth-order valence-electron chi connectivity index (χ4n) is 3.82. The number of sulfonamides is 1. The zero-order valence-corrected chi connectivity index (χ0v) is 21.0. The molecular weight excluding hydrogens is 438 g/mol. The second-order valence-electron chi connectivity index (χ2n) is 9.53. The first-order chi connectivity index (χ1) is 15.5. The maximum absolute atomic E-state index is 13.1. The van der Waals surface area contributed by atoms with Crippen LogP contribution in [0.25, 0.3) is 0 Å². The van der Waals surface area contributed by atoms with E-state index in [1.165, 1.54) is 10.4 Å². The molecule has 1 fully saturated rings. The summed E-state index contributed by atoms with van der Waals surface area (Å²) >= 11 is 0. The van der Waals surface area contributed by atoms with E-state index in [1.54, 1.807) is 19.1 Å². The third kappa shape index (κ3) is 6.13. The van der Waals surface area contributed by atoms with Crippen LogP contribution in [0.2, 0.25) is 0 Å². The van der Waals surface area contributed by atoms with E-state index in [-0.39, 0.29) is 16.2 Å². The van der Waals surface area contributed by atoms with E-state index in [1.807, 2.05) is 31.3 Å². The van der Waals surface area contributed by atoms with Crippen molar-refractivity contribution in [1.29, 1.82) is 0 Å². The summed E-state index contributed by atoms with van der Waals surface area (Å²) in [5.41, 5.74) is 2.14. The first kappa shape index (κ1) is 25.2. The van der Waals surface area contributed by atoms with Gasteiger partial charge in [0.2, 0.25) is 10.0 Å². The van der Waals surface area contributed by atoms with Crippen molar-refractivity contribution in [2.24, 2.45) is 0 Å². The molecule has 1 amide bonds. The number of rotatable bonds is 7. The highest BCUT2D eigenvalue weighted by Gasteiger charge is 2.28. The molecule has 2 aromatic carbocycles. The molecule has 8 heteroatoms. The van der Waals surface area contributed by atoms with Gasteiger partial charge in [0.1, 0.15) is 12.4 Å². The number of aryl methyl sites for hydroxylation is 1.